The van der Waals surface area contributed by atoms with Gasteiger partial charge in [0.15, 0.2) is 0 Å². The highest BCUT2D eigenvalue weighted by Gasteiger charge is 2.38. The van der Waals surface area contributed by atoms with Gasteiger partial charge in [0.1, 0.15) is 0 Å². The maximum absolute atomic E-state index is 4.48. The molecule has 2 aromatic heterocycles. The first-order chi connectivity index (χ1) is 11.2. The van der Waals surface area contributed by atoms with Gasteiger partial charge < -0.3 is 4.90 Å². The molecule has 0 spiro atoms. The highest BCUT2D eigenvalue weighted by Crippen LogP contribution is 2.29. The Labute approximate surface area is 138 Å². The average molecular weight is 311 g/mol. The second-order valence-electron chi connectivity index (χ2n) is 6.48. The van der Waals surface area contributed by atoms with Gasteiger partial charge in [0.2, 0.25) is 5.95 Å². The third-order valence-electron chi connectivity index (χ3n) is 4.85. The van der Waals surface area contributed by atoms with Gasteiger partial charge in [-0.1, -0.05) is 0 Å². The molecule has 0 bridgehead atoms. The molecular weight excluding hydrogens is 286 g/mol. The molecule has 2 atom stereocenters. The van der Waals surface area contributed by atoms with Crippen LogP contribution in [0, 0.1) is 0 Å². The number of hydrogen-bond acceptors (Lipinski definition) is 5. The van der Waals surface area contributed by atoms with Crippen LogP contribution in [0.2, 0.25) is 0 Å². The number of likely N-dealkylation sites (N-methyl/N-ethyl adjacent to an activating group) is 1. The zero-order chi connectivity index (χ0) is 16.2. The predicted octanol–water partition coefficient (Wildman–Crippen LogP) is 2.40. The summed E-state index contributed by atoms with van der Waals surface area (Å²) < 4.78 is 0. The number of pyridine rings is 1. The van der Waals surface area contributed by atoms with Crippen molar-refractivity contribution in [3.05, 3.63) is 48.5 Å². The molecule has 5 heteroatoms. The molecule has 2 aromatic rings. The maximum Gasteiger partial charge on any atom is 0.225 e. The smallest absolute Gasteiger partial charge is 0.225 e. The van der Waals surface area contributed by atoms with E-state index in [9.17, 15) is 0 Å². The molecule has 0 amide bonds. The molecule has 0 N–H and O–H groups in total. The van der Waals surface area contributed by atoms with Crippen molar-refractivity contribution in [1.82, 2.24) is 19.9 Å². The molecule has 1 aliphatic rings. The summed E-state index contributed by atoms with van der Waals surface area (Å²) in [6, 6.07) is 7.49. The van der Waals surface area contributed by atoms with Crippen molar-refractivity contribution in [3.63, 3.8) is 0 Å². The zero-order valence-electron chi connectivity index (χ0n) is 14.1. The Bertz CT molecular complexity index is 601. The molecule has 0 radical (unpaired) electrons. The van der Waals surface area contributed by atoms with Crippen LogP contribution in [-0.2, 0) is 6.42 Å². The second-order valence-corrected chi connectivity index (χ2v) is 6.48. The van der Waals surface area contributed by atoms with E-state index in [4.69, 9.17) is 0 Å². The van der Waals surface area contributed by atoms with Crippen molar-refractivity contribution < 1.29 is 0 Å². The van der Waals surface area contributed by atoms with Gasteiger partial charge in [-0.2, -0.15) is 0 Å². The van der Waals surface area contributed by atoms with Crippen LogP contribution in [0.25, 0.3) is 0 Å². The Morgan fingerprint density at radius 3 is 2.52 bits per heavy atom. The van der Waals surface area contributed by atoms with Crippen molar-refractivity contribution >= 4 is 5.95 Å². The SMILES string of the molecule is CC(C)N(C)[C@@H]1CCN(c2ncccn2)[C@H]1Cc1ccncc1. The third-order valence-corrected chi connectivity index (χ3v) is 4.85. The monoisotopic (exact) mass is 311 g/mol. The quantitative estimate of drug-likeness (QED) is 0.848. The van der Waals surface area contributed by atoms with E-state index in [1.165, 1.54) is 5.56 Å². The summed E-state index contributed by atoms with van der Waals surface area (Å²) in [6.45, 7) is 5.51. The third kappa shape index (κ3) is 3.50. The number of nitrogens with zero attached hydrogens (tertiary/aromatic N) is 5. The molecule has 1 saturated heterocycles. The van der Waals surface area contributed by atoms with E-state index in [1.54, 1.807) is 0 Å². The lowest BCUT2D eigenvalue weighted by Crippen LogP contribution is -2.47. The molecule has 0 aliphatic carbocycles. The van der Waals surface area contributed by atoms with Gasteiger partial charge in [-0.15, -0.1) is 0 Å². The molecule has 122 valence electrons. The summed E-state index contributed by atoms with van der Waals surface area (Å²) in [5, 5.41) is 0. The lowest BCUT2D eigenvalue weighted by molar-refractivity contribution is 0.183. The fraction of sp³-hybridized carbons (Fsp3) is 0.500. The van der Waals surface area contributed by atoms with E-state index >= 15 is 0 Å². The molecular formula is C18H25N5. The van der Waals surface area contributed by atoms with Crippen LogP contribution < -0.4 is 4.90 Å². The van der Waals surface area contributed by atoms with Crippen LogP contribution in [0.15, 0.2) is 43.0 Å². The second kappa shape index (κ2) is 7.04. The number of hydrogen-bond donors (Lipinski definition) is 0. The molecule has 0 unspecified atom stereocenters. The molecule has 23 heavy (non-hydrogen) atoms. The van der Waals surface area contributed by atoms with Crippen molar-refractivity contribution in [2.45, 2.75) is 44.8 Å². The standard InChI is InChI=1S/C18H25N5/c1-14(2)22(3)16-7-12-23(18-20-8-4-9-21-18)17(16)13-15-5-10-19-11-6-15/h4-6,8-11,14,16-17H,7,12-13H2,1-3H3/t16-,17+/m1/s1. The molecule has 0 aromatic carbocycles. The Hall–Kier alpha value is -2.01. The number of aromatic nitrogens is 3. The summed E-state index contributed by atoms with van der Waals surface area (Å²) in [4.78, 5) is 17.9. The van der Waals surface area contributed by atoms with E-state index < -0.39 is 0 Å². The molecule has 5 nitrogen and oxygen atoms in total. The van der Waals surface area contributed by atoms with Gasteiger partial charge in [0.25, 0.3) is 0 Å². The summed E-state index contributed by atoms with van der Waals surface area (Å²) >= 11 is 0. The van der Waals surface area contributed by atoms with Gasteiger partial charge >= 0.3 is 0 Å². The molecule has 0 saturated carbocycles. The van der Waals surface area contributed by atoms with Gasteiger partial charge in [-0.3, -0.25) is 9.88 Å². The van der Waals surface area contributed by atoms with Crippen LogP contribution >= 0.6 is 0 Å². The van der Waals surface area contributed by atoms with E-state index in [0.717, 1.165) is 25.3 Å². The molecule has 3 heterocycles. The normalized spacial score (nSPS) is 21.3. The van der Waals surface area contributed by atoms with Crippen LogP contribution in [0.4, 0.5) is 5.95 Å². The van der Waals surface area contributed by atoms with E-state index in [2.05, 4.69) is 57.8 Å². The highest BCUT2D eigenvalue weighted by molar-refractivity contribution is 5.36. The van der Waals surface area contributed by atoms with Crippen LogP contribution in [0.5, 0.6) is 0 Å². The van der Waals surface area contributed by atoms with Crippen LogP contribution in [0.3, 0.4) is 0 Å². The van der Waals surface area contributed by atoms with Crippen molar-refractivity contribution in [2.24, 2.45) is 0 Å². The molecule has 1 aliphatic heterocycles. The van der Waals surface area contributed by atoms with Crippen molar-refractivity contribution in [1.29, 1.82) is 0 Å². The Morgan fingerprint density at radius 1 is 1.17 bits per heavy atom. The van der Waals surface area contributed by atoms with Crippen molar-refractivity contribution in [2.75, 3.05) is 18.5 Å². The predicted molar refractivity (Wildman–Crippen MR) is 92.4 cm³/mol. The van der Waals surface area contributed by atoms with E-state index in [1.807, 2.05) is 30.9 Å². The Kier molecular flexibility index (Phi) is 4.86. The first-order valence-electron chi connectivity index (χ1n) is 8.31. The molecule has 3 rings (SSSR count). The van der Waals surface area contributed by atoms with E-state index in [0.29, 0.717) is 18.1 Å². The lowest BCUT2D eigenvalue weighted by Gasteiger charge is -2.35. The Balaban J connectivity index is 1.87. The average Bonchev–Trinajstić information content (AvgIpc) is 2.99. The summed E-state index contributed by atoms with van der Waals surface area (Å²) in [6.07, 6.45) is 9.52. The minimum atomic E-state index is 0.382. The highest BCUT2D eigenvalue weighted by atomic mass is 15.3. The maximum atomic E-state index is 4.48. The van der Waals surface area contributed by atoms with Gasteiger partial charge in [0, 0.05) is 43.4 Å². The lowest BCUT2D eigenvalue weighted by atomic mass is 9.99. The summed E-state index contributed by atoms with van der Waals surface area (Å²) in [7, 11) is 2.23. The van der Waals surface area contributed by atoms with Gasteiger partial charge in [-0.25, -0.2) is 9.97 Å². The van der Waals surface area contributed by atoms with Crippen LogP contribution in [-0.4, -0.2) is 51.6 Å². The van der Waals surface area contributed by atoms with Gasteiger partial charge in [0.05, 0.1) is 6.04 Å². The topological polar surface area (TPSA) is 45.2 Å². The largest absolute Gasteiger partial charge is 0.336 e. The zero-order valence-corrected chi connectivity index (χ0v) is 14.1. The summed E-state index contributed by atoms with van der Waals surface area (Å²) in [5.41, 5.74) is 1.31. The first kappa shape index (κ1) is 15.9. The number of rotatable bonds is 5. The van der Waals surface area contributed by atoms with E-state index in [-0.39, 0.29) is 0 Å². The first-order valence-corrected chi connectivity index (χ1v) is 8.31. The minimum Gasteiger partial charge on any atom is -0.336 e. The minimum absolute atomic E-state index is 0.382. The fourth-order valence-electron chi connectivity index (χ4n) is 3.39. The number of anilines is 1. The summed E-state index contributed by atoms with van der Waals surface area (Å²) in [5.74, 6) is 0.839. The van der Waals surface area contributed by atoms with Crippen molar-refractivity contribution in [3.8, 4) is 0 Å². The molecule has 1 fully saturated rings. The van der Waals surface area contributed by atoms with Gasteiger partial charge in [-0.05, 0) is 57.5 Å². The van der Waals surface area contributed by atoms with Crippen LogP contribution in [0.1, 0.15) is 25.8 Å². The Morgan fingerprint density at radius 2 is 1.87 bits per heavy atom. The fourth-order valence-corrected chi connectivity index (χ4v) is 3.39.